The third kappa shape index (κ3) is 17.0. The van der Waals surface area contributed by atoms with Gasteiger partial charge >= 0.3 is 5.97 Å². The molecular formula is C29H52N8O11. The van der Waals surface area contributed by atoms with Crippen LogP contribution >= 0.6 is 0 Å². The molecule has 7 atom stereocenters. The van der Waals surface area contributed by atoms with Crippen molar-refractivity contribution in [3.05, 3.63) is 0 Å². The Hall–Kier alpha value is -4.36. The molecule has 0 radical (unpaired) electrons. The van der Waals surface area contributed by atoms with Gasteiger partial charge in [-0.1, -0.05) is 27.7 Å². The first-order valence-corrected chi connectivity index (χ1v) is 15.5. The summed E-state index contributed by atoms with van der Waals surface area (Å²) < 4.78 is 0. The van der Waals surface area contributed by atoms with Crippen molar-refractivity contribution >= 4 is 47.3 Å². The van der Waals surface area contributed by atoms with E-state index in [9.17, 15) is 43.5 Å². The quantitative estimate of drug-likeness (QED) is 0.0515. The fourth-order valence-electron chi connectivity index (χ4n) is 4.16. The Balaban J connectivity index is 5.55. The number of rotatable bonds is 22. The van der Waals surface area contributed by atoms with Gasteiger partial charge in [-0.2, -0.15) is 0 Å². The van der Waals surface area contributed by atoms with Crippen molar-refractivity contribution in [1.29, 1.82) is 0 Å². The number of aliphatic hydroxyl groups excluding tert-OH is 2. The summed E-state index contributed by atoms with van der Waals surface area (Å²) in [7, 11) is 0. The van der Waals surface area contributed by atoms with Gasteiger partial charge in [0.05, 0.1) is 25.3 Å². The lowest BCUT2D eigenvalue weighted by Crippen LogP contribution is -2.60. The van der Waals surface area contributed by atoms with E-state index in [0.29, 0.717) is 0 Å². The Morgan fingerprint density at radius 3 is 1.58 bits per heavy atom. The number of carboxylic acids is 1. The topological polar surface area (TPSA) is 321 Å². The second kappa shape index (κ2) is 21.5. The van der Waals surface area contributed by atoms with Crippen LogP contribution in [-0.4, -0.2) is 118 Å². The molecule has 19 nitrogen and oxygen atoms in total. The van der Waals surface area contributed by atoms with Crippen molar-refractivity contribution < 1.29 is 53.7 Å². The van der Waals surface area contributed by atoms with Crippen LogP contribution in [-0.2, 0) is 38.4 Å². The predicted octanol–water partition coefficient (Wildman–Crippen LogP) is -4.31. The van der Waals surface area contributed by atoms with Crippen LogP contribution in [0.15, 0.2) is 0 Å². The van der Waals surface area contributed by atoms with E-state index in [2.05, 4.69) is 26.6 Å². The minimum atomic E-state index is -1.59. The summed E-state index contributed by atoms with van der Waals surface area (Å²) in [6.07, 6.45) is -1.34. The van der Waals surface area contributed by atoms with Crippen LogP contribution < -0.4 is 43.4 Å². The molecule has 7 amide bonds. The van der Waals surface area contributed by atoms with E-state index < -0.39 is 103 Å². The van der Waals surface area contributed by atoms with Gasteiger partial charge in [0.2, 0.25) is 41.4 Å². The molecular weight excluding hydrogens is 636 g/mol. The van der Waals surface area contributed by atoms with Crippen molar-refractivity contribution in [3.8, 4) is 0 Å². The van der Waals surface area contributed by atoms with Crippen molar-refractivity contribution in [3.63, 3.8) is 0 Å². The van der Waals surface area contributed by atoms with Crippen LogP contribution in [0.5, 0.6) is 0 Å². The number of aliphatic carboxylic acids is 1. The molecule has 0 saturated heterocycles. The number of hydrogen-bond acceptors (Lipinski definition) is 11. The number of hydrogen-bond donors (Lipinski definition) is 11. The van der Waals surface area contributed by atoms with Gasteiger partial charge in [-0.15, -0.1) is 0 Å². The normalized spacial score (nSPS) is 15.5. The monoisotopic (exact) mass is 688 g/mol. The lowest BCUT2D eigenvalue weighted by atomic mass is 9.99. The van der Waals surface area contributed by atoms with Crippen LogP contribution in [0.2, 0.25) is 0 Å². The molecule has 0 fully saturated rings. The van der Waals surface area contributed by atoms with E-state index in [-0.39, 0.29) is 37.5 Å². The van der Waals surface area contributed by atoms with E-state index >= 15 is 0 Å². The maximum absolute atomic E-state index is 13.3. The van der Waals surface area contributed by atoms with Crippen LogP contribution in [0, 0.1) is 11.8 Å². The standard InChI is InChI=1S/C29H52N8O11/c1-13(2)9-18(34-25(43)17(30)7-8-21(31)40)26(44)35-19(10-14(3)4)27(45)37-23(16(6)39)28(46)32-11-22(41)33-15(5)24(42)36-20(12-38)29(47)48/h13-20,23,38-39H,7-12,30H2,1-6H3,(H2,31,40)(H,32,46)(H,33,41)(H,34,43)(H,35,44)(H,36,42)(H,37,45)(H,47,48)/t15-,16+,17-,18-,19-,20-,23-/m0/s1. The predicted molar refractivity (Wildman–Crippen MR) is 170 cm³/mol. The number of aliphatic hydroxyl groups is 2. The van der Waals surface area contributed by atoms with Crippen LogP contribution in [0.25, 0.3) is 0 Å². The molecule has 0 unspecified atom stereocenters. The second-order valence-electron chi connectivity index (χ2n) is 12.3. The van der Waals surface area contributed by atoms with E-state index in [4.69, 9.17) is 21.7 Å². The summed E-state index contributed by atoms with van der Waals surface area (Å²) in [5.74, 6) is -7.32. The van der Waals surface area contributed by atoms with Crippen molar-refractivity contribution in [2.45, 2.75) is 110 Å². The summed E-state index contributed by atoms with van der Waals surface area (Å²) in [6.45, 7) is 8.06. The lowest BCUT2D eigenvalue weighted by Gasteiger charge is -2.28. The van der Waals surface area contributed by atoms with Crippen LogP contribution in [0.4, 0.5) is 0 Å². The zero-order valence-corrected chi connectivity index (χ0v) is 28.2. The Kier molecular flexibility index (Phi) is 19.5. The molecule has 0 bridgehead atoms. The minimum Gasteiger partial charge on any atom is -0.480 e. The average molecular weight is 689 g/mol. The molecule has 13 N–H and O–H groups in total. The summed E-state index contributed by atoms with van der Waals surface area (Å²) >= 11 is 0. The Morgan fingerprint density at radius 1 is 0.667 bits per heavy atom. The lowest BCUT2D eigenvalue weighted by molar-refractivity contribution is -0.143. The summed E-state index contributed by atoms with van der Waals surface area (Å²) in [4.78, 5) is 98.6. The molecule has 0 aromatic heterocycles. The maximum atomic E-state index is 13.3. The molecule has 0 aliphatic carbocycles. The van der Waals surface area contributed by atoms with Gasteiger partial charge in [0.15, 0.2) is 0 Å². The number of amides is 7. The molecule has 0 spiro atoms. The fraction of sp³-hybridized carbons (Fsp3) is 0.724. The highest BCUT2D eigenvalue weighted by Crippen LogP contribution is 2.10. The molecule has 0 aliphatic rings. The highest BCUT2D eigenvalue weighted by atomic mass is 16.4. The molecule has 0 aliphatic heterocycles. The average Bonchev–Trinajstić information content (AvgIpc) is 2.97. The second-order valence-corrected chi connectivity index (χ2v) is 12.3. The number of carbonyl (C=O) groups is 8. The SMILES string of the molecule is CC(C)C[C@H](NC(=O)[C@H](CC(C)C)NC(=O)[C@@H](N)CCC(N)=O)C(=O)N[C@H](C(=O)NCC(=O)N[C@@H](C)C(=O)N[C@@H](CO)C(=O)O)[C@@H](C)O. The van der Waals surface area contributed by atoms with Crippen molar-refractivity contribution in [1.82, 2.24) is 31.9 Å². The Morgan fingerprint density at radius 2 is 1.15 bits per heavy atom. The molecule has 19 heteroatoms. The van der Waals surface area contributed by atoms with Gasteiger partial charge in [0.25, 0.3) is 0 Å². The number of carbonyl (C=O) groups excluding carboxylic acids is 7. The van der Waals surface area contributed by atoms with Crippen molar-refractivity contribution in [2.75, 3.05) is 13.2 Å². The zero-order valence-electron chi connectivity index (χ0n) is 28.2. The number of primary amides is 1. The molecule has 0 saturated carbocycles. The largest absolute Gasteiger partial charge is 0.480 e. The molecule has 0 aromatic carbocycles. The molecule has 0 heterocycles. The molecule has 0 aromatic rings. The summed E-state index contributed by atoms with van der Waals surface area (Å²) in [5, 5.41) is 42.2. The number of carboxylic acid groups (broad SMARTS) is 1. The number of nitrogens with two attached hydrogens (primary N) is 2. The van der Waals surface area contributed by atoms with Gasteiger partial charge in [0, 0.05) is 6.42 Å². The van der Waals surface area contributed by atoms with Gasteiger partial charge in [-0.05, 0) is 44.9 Å². The highest BCUT2D eigenvalue weighted by molar-refractivity contribution is 5.96. The smallest absolute Gasteiger partial charge is 0.328 e. The summed E-state index contributed by atoms with van der Waals surface area (Å²) in [6, 6.07) is -7.83. The van der Waals surface area contributed by atoms with Gasteiger partial charge in [0.1, 0.15) is 30.2 Å². The first kappa shape index (κ1) is 43.6. The molecule has 48 heavy (non-hydrogen) atoms. The zero-order chi connectivity index (χ0) is 37.3. The molecule has 274 valence electrons. The third-order valence-electron chi connectivity index (χ3n) is 6.77. The van der Waals surface area contributed by atoms with Gasteiger partial charge < -0.3 is 58.7 Å². The Bertz CT molecular complexity index is 1150. The highest BCUT2D eigenvalue weighted by Gasteiger charge is 2.33. The van der Waals surface area contributed by atoms with E-state index in [0.717, 1.165) is 0 Å². The third-order valence-corrected chi connectivity index (χ3v) is 6.77. The van der Waals surface area contributed by atoms with Crippen LogP contribution in [0.1, 0.15) is 67.2 Å². The fourth-order valence-corrected chi connectivity index (χ4v) is 4.16. The minimum absolute atomic E-state index is 0.0355. The van der Waals surface area contributed by atoms with E-state index in [1.54, 1.807) is 13.8 Å². The number of nitrogens with one attached hydrogen (secondary N) is 6. The summed E-state index contributed by atoms with van der Waals surface area (Å²) in [5.41, 5.74) is 10.9. The van der Waals surface area contributed by atoms with E-state index in [1.165, 1.54) is 13.8 Å². The first-order valence-electron chi connectivity index (χ1n) is 15.5. The van der Waals surface area contributed by atoms with Gasteiger partial charge in [-0.3, -0.25) is 33.6 Å². The maximum Gasteiger partial charge on any atom is 0.328 e. The first-order chi connectivity index (χ1) is 22.2. The van der Waals surface area contributed by atoms with E-state index in [1.807, 2.05) is 19.2 Å². The Labute approximate surface area is 279 Å². The molecule has 0 rings (SSSR count). The van der Waals surface area contributed by atoms with Crippen LogP contribution in [0.3, 0.4) is 0 Å². The van der Waals surface area contributed by atoms with Crippen molar-refractivity contribution in [2.24, 2.45) is 23.3 Å². The van der Waals surface area contributed by atoms with Gasteiger partial charge in [-0.25, -0.2) is 4.79 Å².